The maximum atomic E-state index is 2.52. The number of hydrogen-bond donors (Lipinski definition) is 0. The van der Waals surface area contributed by atoms with Crippen molar-refractivity contribution >= 4 is 0 Å². The summed E-state index contributed by atoms with van der Waals surface area (Å²) in [6, 6.07) is 10.9. The smallest absolute Gasteiger partial charge is 0.104 e. The Kier molecular flexibility index (Phi) is 8.80. The molecule has 2 nitrogen and oxygen atoms in total. The second-order valence-corrected chi connectivity index (χ2v) is 7.20. The minimum atomic E-state index is 0.487. The van der Waals surface area contributed by atoms with Gasteiger partial charge in [-0.3, -0.25) is 0 Å². The molecule has 1 aliphatic rings. The van der Waals surface area contributed by atoms with Crippen LogP contribution in [-0.2, 0) is 6.42 Å². The Bertz CT molecular complexity index is 454. The molecule has 1 unspecified atom stereocenters. The van der Waals surface area contributed by atoms with E-state index >= 15 is 0 Å². The standard InChI is InChI=1S/C22H36N2/c1-3-4-5-6-7-8-9-10-14-17-24-19-18-23(2)22(24)20-21-15-12-11-13-16-21/h11-13,15-16,18-19,22H,3-10,14,17,20H2,1-2H3. The van der Waals surface area contributed by atoms with Crippen LogP contribution in [-0.4, -0.2) is 29.6 Å². The van der Waals surface area contributed by atoms with Gasteiger partial charge >= 0.3 is 0 Å². The van der Waals surface area contributed by atoms with Crippen molar-refractivity contribution in [3.63, 3.8) is 0 Å². The van der Waals surface area contributed by atoms with Crippen molar-refractivity contribution in [2.24, 2.45) is 0 Å². The first kappa shape index (κ1) is 18.9. The summed E-state index contributed by atoms with van der Waals surface area (Å²) in [6.07, 6.45) is 18.7. The monoisotopic (exact) mass is 328 g/mol. The quantitative estimate of drug-likeness (QED) is 0.447. The van der Waals surface area contributed by atoms with Gasteiger partial charge in [-0.05, 0) is 12.0 Å². The van der Waals surface area contributed by atoms with Gasteiger partial charge in [-0.15, -0.1) is 0 Å². The van der Waals surface area contributed by atoms with E-state index in [1.54, 1.807) is 0 Å². The summed E-state index contributed by atoms with van der Waals surface area (Å²) in [5.41, 5.74) is 1.43. The van der Waals surface area contributed by atoms with Gasteiger partial charge in [0.15, 0.2) is 0 Å². The molecule has 0 radical (unpaired) electrons. The Balaban J connectivity index is 1.60. The molecule has 0 N–H and O–H groups in total. The molecule has 0 bridgehead atoms. The lowest BCUT2D eigenvalue weighted by molar-refractivity contribution is 0.173. The summed E-state index contributed by atoms with van der Waals surface area (Å²) in [7, 11) is 2.19. The average Bonchev–Trinajstić information content (AvgIpc) is 2.95. The van der Waals surface area contributed by atoms with Gasteiger partial charge in [0, 0.05) is 32.4 Å². The van der Waals surface area contributed by atoms with E-state index in [-0.39, 0.29) is 0 Å². The normalized spacial score (nSPS) is 17.0. The number of benzene rings is 1. The van der Waals surface area contributed by atoms with Crippen LogP contribution in [0.3, 0.4) is 0 Å². The average molecular weight is 329 g/mol. The predicted molar refractivity (Wildman–Crippen MR) is 105 cm³/mol. The van der Waals surface area contributed by atoms with Gasteiger partial charge in [0.25, 0.3) is 0 Å². The molecule has 1 aromatic carbocycles. The van der Waals surface area contributed by atoms with Crippen LogP contribution < -0.4 is 0 Å². The van der Waals surface area contributed by atoms with E-state index in [0.717, 1.165) is 6.42 Å². The highest BCUT2D eigenvalue weighted by molar-refractivity contribution is 5.17. The van der Waals surface area contributed by atoms with Crippen LogP contribution >= 0.6 is 0 Å². The van der Waals surface area contributed by atoms with E-state index in [4.69, 9.17) is 0 Å². The molecule has 1 aromatic rings. The van der Waals surface area contributed by atoms with Crippen molar-refractivity contribution in [2.75, 3.05) is 13.6 Å². The number of likely N-dealkylation sites (N-methyl/N-ethyl adjacent to an activating group) is 1. The molecule has 1 atom stereocenters. The molecule has 0 saturated carbocycles. The predicted octanol–water partition coefficient (Wildman–Crippen LogP) is 5.80. The lowest BCUT2D eigenvalue weighted by Gasteiger charge is -2.30. The second-order valence-electron chi connectivity index (χ2n) is 7.20. The van der Waals surface area contributed by atoms with Crippen molar-refractivity contribution in [1.82, 2.24) is 9.80 Å². The zero-order valence-electron chi connectivity index (χ0n) is 15.8. The first-order valence-corrected chi connectivity index (χ1v) is 10.0. The van der Waals surface area contributed by atoms with Crippen molar-refractivity contribution < 1.29 is 0 Å². The molecular formula is C22H36N2. The highest BCUT2D eigenvalue weighted by Crippen LogP contribution is 2.19. The van der Waals surface area contributed by atoms with Crippen LogP contribution in [0.5, 0.6) is 0 Å². The van der Waals surface area contributed by atoms with E-state index in [0.29, 0.717) is 6.17 Å². The fourth-order valence-electron chi connectivity index (χ4n) is 3.54. The third-order valence-electron chi connectivity index (χ3n) is 5.13. The molecule has 2 heteroatoms. The van der Waals surface area contributed by atoms with Crippen molar-refractivity contribution in [2.45, 2.75) is 77.3 Å². The molecule has 24 heavy (non-hydrogen) atoms. The SMILES string of the molecule is CCCCCCCCCCCN1C=CN(C)C1Cc1ccccc1. The van der Waals surface area contributed by atoms with Crippen molar-refractivity contribution in [3.05, 3.63) is 48.3 Å². The van der Waals surface area contributed by atoms with Crippen LogP contribution in [0, 0.1) is 0 Å². The summed E-state index contributed by atoms with van der Waals surface area (Å²) >= 11 is 0. The van der Waals surface area contributed by atoms with E-state index in [1.165, 1.54) is 69.9 Å². The number of nitrogens with zero attached hydrogens (tertiary/aromatic N) is 2. The second kappa shape index (κ2) is 11.2. The van der Waals surface area contributed by atoms with Crippen LogP contribution in [0.15, 0.2) is 42.7 Å². The number of hydrogen-bond acceptors (Lipinski definition) is 2. The topological polar surface area (TPSA) is 6.48 Å². The van der Waals surface area contributed by atoms with Gasteiger partial charge in [0.1, 0.15) is 6.17 Å². The van der Waals surface area contributed by atoms with E-state index < -0.39 is 0 Å². The maximum absolute atomic E-state index is 2.52. The third kappa shape index (κ3) is 6.59. The number of unbranched alkanes of at least 4 members (excludes halogenated alkanes) is 8. The lowest BCUT2D eigenvalue weighted by Crippen LogP contribution is -2.38. The minimum Gasteiger partial charge on any atom is -0.359 e. The molecule has 0 amide bonds. The Hall–Kier alpha value is -1.44. The Morgan fingerprint density at radius 1 is 0.792 bits per heavy atom. The Morgan fingerprint density at radius 3 is 2.08 bits per heavy atom. The first-order valence-electron chi connectivity index (χ1n) is 10.0. The molecule has 2 rings (SSSR count). The summed E-state index contributed by atoms with van der Waals surface area (Å²) in [5.74, 6) is 0. The van der Waals surface area contributed by atoms with Gasteiger partial charge in [0.2, 0.25) is 0 Å². The highest BCUT2D eigenvalue weighted by Gasteiger charge is 2.23. The Labute approximate surface area is 149 Å². The third-order valence-corrected chi connectivity index (χ3v) is 5.13. The highest BCUT2D eigenvalue weighted by atomic mass is 15.4. The summed E-state index contributed by atoms with van der Waals surface area (Å²) in [6.45, 7) is 3.48. The Morgan fingerprint density at radius 2 is 1.42 bits per heavy atom. The van der Waals surface area contributed by atoms with E-state index in [2.05, 4.69) is 66.5 Å². The lowest BCUT2D eigenvalue weighted by atomic mass is 10.1. The zero-order valence-corrected chi connectivity index (χ0v) is 15.8. The van der Waals surface area contributed by atoms with Gasteiger partial charge in [0.05, 0.1) is 0 Å². The maximum Gasteiger partial charge on any atom is 0.104 e. The van der Waals surface area contributed by atoms with Gasteiger partial charge < -0.3 is 9.80 Å². The molecule has 134 valence electrons. The molecule has 0 fully saturated rings. The zero-order chi connectivity index (χ0) is 17.0. The largest absolute Gasteiger partial charge is 0.359 e. The van der Waals surface area contributed by atoms with Crippen LogP contribution in [0.2, 0.25) is 0 Å². The van der Waals surface area contributed by atoms with Gasteiger partial charge in [-0.25, -0.2) is 0 Å². The van der Waals surface area contributed by atoms with E-state index in [1.807, 2.05) is 0 Å². The fraction of sp³-hybridized carbons (Fsp3) is 0.636. The van der Waals surface area contributed by atoms with Crippen LogP contribution in [0.25, 0.3) is 0 Å². The van der Waals surface area contributed by atoms with Gasteiger partial charge in [-0.2, -0.15) is 0 Å². The number of rotatable bonds is 12. The van der Waals surface area contributed by atoms with E-state index in [9.17, 15) is 0 Å². The van der Waals surface area contributed by atoms with Crippen LogP contribution in [0.1, 0.15) is 70.3 Å². The van der Waals surface area contributed by atoms with Gasteiger partial charge in [-0.1, -0.05) is 88.6 Å². The molecule has 1 heterocycles. The molecule has 0 aromatic heterocycles. The summed E-state index contributed by atoms with van der Waals surface area (Å²) in [4.78, 5) is 4.87. The molecular weight excluding hydrogens is 292 g/mol. The van der Waals surface area contributed by atoms with Crippen LogP contribution in [0.4, 0.5) is 0 Å². The molecule has 1 aliphatic heterocycles. The first-order chi connectivity index (χ1) is 11.8. The summed E-state index contributed by atoms with van der Waals surface area (Å²) in [5, 5.41) is 0. The van der Waals surface area contributed by atoms with Crippen molar-refractivity contribution in [1.29, 1.82) is 0 Å². The molecule has 0 saturated heterocycles. The van der Waals surface area contributed by atoms with Crippen molar-refractivity contribution in [3.8, 4) is 0 Å². The fourth-order valence-corrected chi connectivity index (χ4v) is 3.54. The molecule has 0 aliphatic carbocycles. The summed E-state index contributed by atoms with van der Waals surface area (Å²) < 4.78 is 0. The molecule has 0 spiro atoms. The minimum absolute atomic E-state index is 0.487.